The molecule has 9 nitrogen and oxygen atoms in total. The van der Waals surface area contributed by atoms with Gasteiger partial charge in [0, 0.05) is 37.6 Å². The number of rotatable bonds is 8. The molecule has 0 unspecified atom stereocenters. The molecule has 208 valence electrons. The summed E-state index contributed by atoms with van der Waals surface area (Å²) in [5.74, 6) is 0.290. The minimum absolute atomic E-state index is 0.287. The maximum Gasteiger partial charge on any atom is 0.573 e. The number of hydrogen-bond donors (Lipinski definition) is 2. The number of halogens is 3. The highest BCUT2D eigenvalue weighted by Gasteiger charge is 2.31. The molecule has 0 radical (unpaired) electrons. The lowest BCUT2D eigenvalue weighted by Gasteiger charge is -2.32. The summed E-state index contributed by atoms with van der Waals surface area (Å²) >= 11 is 0.848. The van der Waals surface area contributed by atoms with E-state index in [2.05, 4.69) is 35.2 Å². The van der Waals surface area contributed by atoms with E-state index < -0.39 is 17.5 Å². The van der Waals surface area contributed by atoms with Crippen molar-refractivity contribution in [3.05, 3.63) is 71.0 Å². The van der Waals surface area contributed by atoms with Crippen LogP contribution >= 0.6 is 11.8 Å². The Hall–Kier alpha value is -3.97. The average Bonchev–Trinajstić information content (AvgIpc) is 3.24. The minimum atomic E-state index is -4.76. The number of hydrogen-bond acceptors (Lipinski definition) is 9. The second kappa shape index (κ2) is 12.0. The highest BCUT2D eigenvalue weighted by atomic mass is 32.2. The average molecular weight is 571 g/mol. The molecule has 13 heteroatoms. The number of alkyl halides is 3. The number of pyridine rings is 1. The molecular formula is C27H25F3N6O3S. The number of nitrogens with zero attached hydrogens (tertiary/aromatic N) is 4. The zero-order chi connectivity index (χ0) is 28.1. The van der Waals surface area contributed by atoms with Crippen molar-refractivity contribution in [2.45, 2.75) is 25.7 Å². The van der Waals surface area contributed by atoms with Crippen LogP contribution in [0.2, 0.25) is 0 Å². The van der Waals surface area contributed by atoms with Crippen LogP contribution in [0, 0.1) is 5.92 Å². The van der Waals surface area contributed by atoms with Crippen molar-refractivity contribution in [2.24, 2.45) is 5.92 Å². The van der Waals surface area contributed by atoms with Crippen LogP contribution in [0.25, 0.3) is 17.3 Å². The number of aromatic nitrogens is 3. The number of imide groups is 1. The largest absolute Gasteiger partial charge is 0.573 e. The van der Waals surface area contributed by atoms with E-state index in [-0.39, 0.29) is 5.75 Å². The molecule has 0 atom stereocenters. The van der Waals surface area contributed by atoms with Gasteiger partial charge in [0.1, 0.15) is 5.75 Å². The molecule has 2 aliphatic rings. The van der Waals surface area contributed by atoms with E-state index in [4.69, 9.17) is 0 Å². The fourth-order valence-electron chi connectivity index (χ4n) is 4.58. The van der Waals surface area contributed by atoms with Gasteiger partial charge in [0.25, 0.3) is 11.1 Å². The van der Waals surface area contributed by atoms with Crippen molar-refractivity contribution in [1.82, 2.24) is 25.6 Å². The molecule has 2 saturated heterocycles. The zero-order valence-electron chi connectivity index (χ0n) is 21.1. The van der Waals surface area contributed by atoms with Gasteiger partial charge in [0.05, 0.1) is 16.3 Å². The summed E-state index contributed by atoms with van der Waals surface area (Å²) in [7, 11) is 0. The molecule has 2 N–H and O–H groups in total. The molecule has 40 heavy (non-hydrogen) atoms. The molecule has 0 aliphatic carbocycles. The second-order valence-electron chi connectivity index (χ2n) is 9.28. The van der Waals surface area contributed by atoms with Gasteiger partial charge in [-0.3, -0.25) is 19.9 Å². The van der Waals surface area contributed by atoms with Gasteiger partial charge in [-0.15, -0.1) is 13.2 Å². The van der Waals surface area contributed by atoms with Gasteiger partial charge in [-0.25, -0.2) is 9.97 Å². The Morgan fingerprint density at radius 1 is 1.10 bits per heavy atom. The van der Waals surface area contributed by atoms with E-state index in [9.17, 15) is 22.8 Å². The Balaban J connectivity index is 1.14. The Bertz CT molecular complexity index is 1430. The summed E-state index contributed by atoms with van der Waals surface area (Å²) in [5.41, 5.74) is 2.58. The maximum absolute atomic E-state index is 12.7. The number of thioether (sulfide) groups is 1. The number of anilines is 1. The highest BCUT2D eigenvalue weighted by molar-refractivity contribution is 8.18. The van der Waals surface area contributed by atoms with Crippen LogP contribution in [0.3, 0.4) is 0 Å². The molecule has 2 aromatic heterocycles. The molecule has 0 saturated carbocycles. The molecule has 5 rings (SSSR count). The molecule has 4 heterocycles. The van der Waals surface area contributed by atoms with E-state index in [0.717, 1.165) is 49.8 Å². The molecule has 1 aromatic carbocycles. The summed E-state index contributed by atoms with van der Waals surface area (Å²) in [4.78, 5) is 38.9. The fourth-order valence-corrected chi connectivity index (χ4v) is 5.25. The number of nitrogens with one attached hydrogen (secondary N) is 2. The topological polar surface area (TPSA) is 109 Å². The number of amides is 2. The summed E-state index contributed by atoms with van der Waals surface area (Å²) in [6.45, 7) is 2.82. The Morgan fingerprint density at radius 2 is 1.93 bits per heavy atom. The molecule has 2 aliphatic heterocycles. The van der Waals surface area contributed by atoms with E-state index >= 15 is 0 Å². The first-order valence-corrected chi connectivity index (χ1v) is 13.4. The van der Waals surface area contributed by atoms with Crippen molar-refractivity contribution < 1.29 is 27.5 Å². The van der Waals surface area contributed by atoms with Gasteiger partial charge < -0.3 is 15.0 Å². The van der Waals surface area contributed by atoms with Gasteiger partial charge in [-0.05, 0) is 73.0 Å². The summed E-state index contributed by atoms with van der Waals surface area (Å²) in [6.07, 6.45) is 1.91. The fraction of sp³-hybridized carbons (Fsp3) is 0.296. The monoisotopic (exact) mass is 570 g/mol. The normalized spacial score (nSPS) is 17.4. The van der Waals surface area contributed by atoms with Gasteiger partial charge in [0.15, 0.2) is 0 Å². The third-order valence-corrected chi connectivity index (χ3v) is 7.27. The van der Waals surface area contributed by atoms with Crippen LogP contribution in [0.4, 0.5) is 23.9 Å². The number of carbonyl (C=O) groups excluding carboxylic acids is 2. The predicted molar refractivity (Wildman–Crippen MR) is 144 cm³/mol. The van der Waals surface area contributed by atoms with Gasteiger partial charge >= 0.3 is 6.36 Å². The summed E-state index contributed by atoms with van der Waals surface area (Å²) < 4.78 is 42.0. The van der Waals surface area contributed by atoms with Crippen molar-refractivity contribution in [1.29, 1.82) is 0 Å². The number of ether oxygens (including phenoxy) is 1. The van der Waals surface area contributed by atoms with E-state index in [1.54, 1.807) is 36.7 Å². The van der Waals surface area contributed by atoms with Crippen LogP contribution in [0.15, 0.2) is 59.8 Å². The first-order chi connectivity index (χ1) is 19.2. The highest BCUT2D eigenvalue weighted by Crippen LogP contribution is 2.29. The number of benzene rings is 1. The Labute approximate surface area is 232 Å². The van der Waals surface area contributed by atoms with Gasteiger partial charge in [0.2, 0.25) is 5.95 Å². The Morgan fingerprint density at radius 3 is 2.67 bits per heavy atom. The summed E-state index contributed by atoms with van der Waals surface area (Å²) in [5, 5.41) is 5.30. The number of carbonyl (C=O) groups is 2. The molecule has 2 amide bonds. The van der Waals surface area contributed by atoms with Crippen molar-refractivity contribution in [3.63, 3.8) is 0 Å². The smallest absolute Gasteiger partial charge is 0.406 e. The van der Waals surface area contributed by atoms with Gasteiger partial charge in [-0.1, -0.05) is 18.2 Å². The van der Waals surface area contributed by atoms with E-state index in [1.807, 2.05) is 6.07 Å². The van der Waals surface area contributed by atoms with Crippen molar-refractivity contribution in [3.8, 4) is 17.0 Å². The van der Waals surface area contributed by atoms with Crippen LogP contribution in [0.1, 0.15) is 24.1 Å². The standard InChI is InChI=1S/C27H25F3N6O3S/c28-27(29,30)39-21-5-1-3-18(13-21)23-19(4-2-9-32-23)16-31-15-17-7-11-36(12-8-17)25-33-10-6-20(34-25)14-22-24(37)35-26(38)40-22/h1-6,9-10,13-14,17,31H,7-8,11-12,15-16H2,(H,35,37,38)/b22-14+. The third kappa shape index (κ3) is 7.16. The molecule has 0 bridgehead atoms. The molecular weight excluding hydrogens is 545 g/mol. The lowest BCUT2D eigenvalue weighted by molar-refractivity contribution is -0.274. The maximum atomic E-state index is 12.7. The first-order valence-electron chi connectivity index (χ1n) is 12.6. The molecule has 2 fully saturated rings. The quantitative estimate of drug-likeness (QED) is 0.370. The second-order valence-corrected chi connectivity index (χ2v) is 10.3. The zero-order valence-corrected chi connectivity index (χ0v) is 22.0. The van der Waals surface area contributed by atoms with Crippen LogP contribution in [0.5, 0.6) is 5.75 Å². The van der Waals surface area contributed by atoms with E-state index in [0.29, 0.717) is 40.3 Å². The van der Waals surface area contributed by atoms with Gasteiger partial charge in [-0.2, -0.15) is 0 Å². The third-order valence-electron chi connectivity index (χ3n) is 6.46. The lowest BCUT2D eigenvalue weighted by atomic mass is 9.97. The van der Waals surface area contributed by atoms with Crippen molar-refractivity contribution >= 4 is 34.9 Å². The summed E-state index contributed by atoms with van der Waals surface area (Å²) in [6, 6.07) is 11.2. The Kier molecular flexibility index (Phi) is 8.31. The predicted octanol–water partition coefficient (Wildman–Crippen LogP) is 4.77. The molecule has 0 spiro atoms. The SMILES string of the molecule is O=C1NC(=O)/C(=C\c2ccnc(N3CCC(CNCc4cccnc4-c4cccc(OC(F)(F)F)c4)CC3)n2)S1. The number of piperidine rings is 1. The van der Waals surface area contributed by atoms with E-state index in [1.165, 1.54) is 18.2 Å². The molecule has 3 aromatic rings. The van der Waals surface area contributed by atoms with Crippen LogP contribution in [-0.4, -0.2) is 52.1 Å². The van der Waals surface area contributed by atoms with Crippen molar-refractivity contribution in [2.75, 3.05) is 24.5 Å². The first kappa shape index (κ1) is 27.6. The lowest BCUT2D eigenvalue weighted by Crippen LogP contribution is -2.38. The van der Waals surface area contributed by atoms with Crippen LogP contribution < -0.4 is 20.3 Å². The minimum Gasteiger partial charge on any atom is -0.406 e. The van der Waals surface area contributed by atoms with Crippen LogP contribution in [-0.2, 0) is 11.3 Å².